The van der Waals surface area contributed by atoms with Gasteiger partial charge in [-0.15, -0.1) is 24.0 Å². The first-order valence-electron chi connectivity index (χ1n) is 8.00. The minimum Gasteiger partial charge on any atom is -0.355 e. The summed E-state index contributed by atoms with van der Waals surface area (Å²) in [6.45, 7) is 1.36. The van der Waals surface area contributed by atoms with Crippen LogP contribution in [0, 0.1) is 0 Å². The third-order valence-corrected chi connectivity index (χ3v) is 4.05. The molecule has 0 aliphatic rings. The summed E-state index contributed by atoms with van der Waals surface area (Å²) in [5.74, 6) is 0.711. The van der Waals surface area contributed by atoms with Crippen molar-refractivity contribution in [2.75, 3.05) is 21.1 Å². The Labute approximate surface area is 176 Å². The van der Waals surface area contributed by atoms with Crippen LogP contribution in [-0.2, 0) is 13.1 Å². The molecule has 2 rings (SSSR count). The van der Waals surface area contributed by atoms with Gasteiger partial charge < -0.3 is 15.5 Å². The maximum absolute atomic E-state index is 11.6. The van der Waals surface area contributed by atoms with E-state index in [1.807, 2.05) is 60.5 Å². The molecule has 2 N–H and O–H groups in total. The molecular weight excluding hydrogens is 463 g/mol. The third-order valence-electron chi connectivity index (χ3n) is 3.80. The van der Waals surface area contributed by atoms with Gasteiger partial charge >= 0.3 is 0 Å². The zero-order valence-electron chi connectivity index (χ0n) is 15.1. The molecule has 0 fully saturated rings. The van der Waals surface area contributed by atoms with Crippen molar-refractivity contribution in [2.45, 2.75) is 13.1 Å². The second-order valence-corrected chi connectivity index (χ2v) is 6.10. The van der Waals surface area contributed by atoms with E-state index in [0.717, 1.165) is 28.7 Å². The SMILES string of the molecule is CN=C(NCc1ccc(C(=O)NC)cc1)N(C)Cc1ccc(Cl)cc1.I. The molecule has 0 saturated heterocycles. The average Bonchev–Trinajstić information content (AvgIpc) is 2.64. The number of guanidine groups is 1. The predicted molar refractivity (Wildman–Crippen MR) is 118 cm³/mol. The van der Waals surface area contributed by atoms with Crippen LogP contribution >= 0.6 is 35.6 Å². The molecule has 0 atom stereocenters. The Morgan fingerprint density at radius 3 is 2.19 bits per heavy atom. The number of hydrogen-bond donors (Lipinski definition) is 2. The number of carbonyl (C=O) groups excluding carboxylic acids is 1. The zero-order valence-corrected chi connectivity index (χ0v) is 18.2. The molecule has 140 valence electrons. The van der Waals surface area contributed by atoms with Crippen molar-refractivity contribution in [1.82, 2.24) is 15.5 Å². The highest BCUT2D eigenvalue weighted by Gasteiger charge is 2.07. The first-order chi connectivity index (χ1) is 12.0. The molecule has 0 spiro atoms. The fourth-order valence-electron chi connectivity index (χ4n) is 2.42. The fraction of sp³-hybridized carbons (Fsp3) is 0.263. The Hall–Kier alpha value is -1.80. The van der Waals surface area contributed by atoms with Gasteiger partial charge in [0.2, 0.25) is 0 Å². The zero-order chi connectivity index (χ0) is 18.2. The van der Waals surface area contributed by atoms with Crippen LogP contribution in [0.25, 0.3) is 0 Å². The lowest BCUT2D eigenvalue weighted by atomic mass is 10.1. The Morgan fingerprint density at radius 1 is 1.08 bits per heavy atom. The summed E-state index contributed by atoms with van der Waals surface area (Å²) >= 11 is 5.92. The predicted octanol–water partition coefficient (Wildman–Crippen LogP) is 3.53. The largest absolute Gasteiger partial charge is 0.355 e. The number of nitrogens with zero attached hydrogens (tertiary/aromatic N) is 2. The van der Waals surface area contributed by atoms with E-state index in [1.165, 1.54) is 0 Å². The summed E-state index contributed by atoms with van der Waals surface area (Å²) in [5, 5.41) is 6.67. The molecule has 5 nitrogen and oxygen atoms in total. The third kappa shape index (κ3) is 6.49. The van der Waals surface area contributed by atoms with Gasteiger partial charge in [0, 0.05) is 44.8 Å². The lowest BCUT2D eigenvalue weighted by Gasteiger charge is -2.22. The Bertz CT molecular complexity index is 732. The van der Waals surface area contributed by atoms with Crippen LogP contribution < -0.4 is 10.6 Å². The summed E-state index contributed by atoms with van der Waals surface area (Å²) < 4.78 is 0. The molecule has 0 unspecified atom stereocenters. The van der Waals surface area contributed by atoms with Crippen molar-refractivity contribution in [3.63, 3.8) is 0 Å². The number of benzene rings is 2. The van der Waals surface area contributed by atoms with E-state index in [2.05, 4.69) is 15.6 Å². The van der Waals surface area contributed by atoms with E-state index in [1.54, 1.807) is 14.1 Å². The summed E-state index contributed by atoms with van der Waals surface area (Å²) in [5.41, 5.74) is 2.88. The average molecular weight is 487 g/mol. The lowest BCUT2D eigenvalue weighted by Crippen LogP contribution is -2.38. The number of carbonyl (C=O) groups is 1. The maximum Gasteiger partial charge on any atom is 0.251 e. The Morgan fingerprint density at radius 2 is 1.65 bits per heavy atom. The summed E-state index contributed by atoms with van der Waals surface area (Å²) in [4.78, 5) is 17.9. The molecule has 7 heteroatoms. The number of rotatable bonds is 5. The van der Waals surface area contributed by atoms with Crippen LogP contribution in [0.3, 0.4) is 0 Å². The summed E-state index contributed by atoms with van der Waals surface area (Å²) in [6.07, 6.45) is 0. The van der Waals surface area contributed by atoms with Gasteiger partial charge in [0.1, 0.15) is 0 Å². The van der Waals surface area contributed by atoms with Crippen molar-refractivity contribution in [1.29, 1.82) is 0 Å². The van der Waals surface area contributed by atoms with E-state index in [0.29, 0.717) is 12.1 Å². The molecule has 0 aliphatic heterocycles. The quantitative estimate of drug-likeness (QED) is 0.386. The van der Waals surface area contributed by atoms with Crippen molar-refractivity contribution < 1.29 is 4.79 Å². The first kappa shape index (κ1) is 22.2. The standard InChI is InChI=1S/C19H23ClN4O.HI/c1-21-18(25)16-8-4-14(5-9-16)12-23-19(22-2)24(3)13-15-6-10-17(20)11-7-15;/h4-11H,12-13H2,1-3H3,(H,21,25)(H,22,23);1H. The van der Waals surface area contributed by atoms with E-state index in [-0.39, 0.29) is 29.9 Å². The topological polar surface area (TPSA) is 56.7 Å². The maximum atomic E-state index is 11.6. The summed E-state index contributed by atoms with van der Waals surface area (Å²) in [6, 6.07) is 15.3. The van der Waals surface area contributed by atoms with Gasteiger partial charge in [-0.25, -0.2) is 0 Å². The molecule has 2 aromatic rings. The van der Waals surface area contributed by atoms with Crippen LogP contribution in [0.2, 0.25) is 5.02 Å². The monoisotopic (exact) mass is 486 g/mol. The van der Waals surface area contributed by atoms with Crippen LogP contribution in [0.1, 0.15) is 21.5 Å². The molecule has 26 heavy (non-hydrogen) atoms. The number of amides is 1. The van der Waals surface area contributed by atoms with Crippen molar-refractivity contribution in [3.05, 3.63) is 70.2 Å². The minimum atomic E-state index is -0.0852. The van der Waals surface area contributed by atoms with Crippen molar-refractivity contribution in [2.24, 2.45) is 4.99 Å². The van der Waals surface area contributed by atoms with Gasteiger partial charge in [-0.1, -0.05) is 35.9 Å². The van der Waals surface area contributed by atoms with E-state index < -0.39 is 0 Å². The van der Waals surface area contributed by atoms with E-state index in [4.69, 9.17) is 11.6 Å². The van der Waals surface area contributed by atoms with Crippen LogP contribution in [0.5, 0.6) is 0 Å². The minimum absolute atomic E-state index is 0. The van der Waals surface area contributed by atoms with Crippen molar-refractivity contribution >= 4 is 47.4 Å². The number of hydrogen-bond acceptors (Lipinski definition) is 2. The van der Waals surface area contributed by atoms with Crippen LogP contribution in [0.15, 0.2) is 53.5 Å². The molecule has 0 radical (unpaired) electrons. The Balaban J connectivity index is 0.00000338. The first-order valence-corrected chi connectivity index (χ1v) is 8.38. The fourth-order valence-corrected chi connectivity index (χ4v) is 2.55. The highest BCUT2D eigenvalue weighted by molar-refractivity contribution is 14.0. The molecular formula is C19H24ClIN4O. The van der Waals surface area contributed by atoms with Gasteiger partial charge in [0.25, 0.3) is 5.91 Å². The second-order valence-electron chi connectivity index (χ2n) is 5.66. The van der Waals surface area contributed by atoms with E-state index >= 15 is 0 Å². The van der Waals surface area contributed by atoms with Crippen LogP contribution in [-0.4, -0.2) is 37.9 Å². The summed E-state index contributed by atoms with van der Waals surface area (Å²) in [7, 11) is 5.37. The van der Waals surface area contributed by atoms with Gasteiger partial charge in [0.05, 0.1) is 0 Å². The molecule has 0 saturated carbocycles. The molecule has 0 aromatic heterocycles. The highest BCUT2D eigenvalue weighted by atomic mass is 127. The lowest BCUT2D eigenvalue weighted by molar-refractivity contribution is 0.0963. The van der Waals surface area contributed by atoms with Gasteiger partial charge in [0.15, 0.2) is 5.96 Å². The normalized spacial score (nSPS) is 10.7. The molecule has 0 heterocycles. The Kier molecular flexibility index (Phi) is 9.43. The molecule has 0 aliphatic carbocycles. The van der Waals surface area contributed by atoms with Gasteiger partial charge in [-0.3, -0.25) is 9.79 Å². The second kappa shape index (κ2) is 11.0. The van der Waals surface area contributed by atoms with Gasteiger partial charge in [-0.05, 0) is 35.4 Å². The molecule has 2 aromatic carbocycles. The van der Waals surface area contributed by atoms with Crippen LogP contribution in [0.4, 0.5) is 0 Å². The number of nitrogens with one attached hydrogen (secondary N) is 2. The highest BCUT2D eigenvalue weighted by Crippen LogP contribution is 2.11. The van der Waals surface area contributed by atoms with E-state index in [9.17, 15) is 4.79 Å². The molecule has 0 bridgehead atoms. The van der Waals surface area contributed by atoms with Crippen molar-refractivity contribution in [3.8, 4) is 0 Å². The molecule has 1 amide bonds. The smallest absolute Gasteiger partial charge is 0.251 e. The van der Waals surface area contributed by atoms with Gasteiger partial charge in [-0.2, -0.15) is 0 Å². The number of aliphatic imine (C=N–C) groups is 1. The number of halogens is 2.